The fourth-order valence-electron chi connectivity index (χ4n) is 3.27. The van der Waals surface area contributed by atoms with Crippen LogP contribution in [-0.4, -0.2) is 30.9 Å². The van der Waals surface area contributed by atoms with Crippen LogP contribution in [0.5, 0.6) is 0 Å². The highest BCUT2D eigenvalue weighted by Crippen LogP contribution is 2.22. The lowest BCUT2D eigenvalue weighted by Gasteiger charge is -2.19. The molecule has 0 spiro atoms. The van der Waals surface area contributed by atoms with Gasteiger partial charge in [0.25, 0.3) is 15.9 Å². The van der Waals surface area contributed by atoms with Gasteiger partial charge in [-0.3, -0.25) is 9.10 Å². The highest BCUT2D eigenvalue weighted by molar-refractivity contribution is 7.92. The van der Waals surface area contributed by atoms with E-state index in [1.165, 1.54) is 48.0 Å². The minimum atomic E-state index is -3.76. The van der Waals surface area contributed by atoms with Gasteiger partial charge < -0.3 is 9.88 Å². The quantitative estimate of drug-likeness (QED) is 0.451. The topological polar surface area (TPSA) is 84.3 Å². The van der Waals surface area contributed by atoms with E-state index in [1.54, 1.807) is 59.4 Å². The molecule has 1 aromatic heterocycles. The minimum absolute atomic E-state index is 0.0718. The maximum absolute atomic E-state index is 14.4. The molecule has 33 heavy (non-hydrogen) atoms. The molecule has 4 rings (SSSR count). The number of nitrogens with zero attached hydrogens (tertiary/aromatic N) is 3. The maximum Gasteiger partial charge on any atom is 0.264 e. The van der Waals surface area contributed by atoms with Crippen LogP contribution in [0.15, 0.2) is 96.4 Å². The Labute approximate surface area is 191 Å². The van der Waals surface area contributed by atoms with Crippen LogP contribution in [0.3, 0.4) is 0 Å². The Hall–Kier alpha value is -3.98. The smallest absolute Gasteiger partial charge is 0.264 e. The molecule has 0 aliphatic carbocycles. The van der Waals surface area contributed by atoms with Crippen molar-refractivity contribution in [2.24, 2.45) is 0 Å². The molecule has 0 aliphatic rings. The van der Waals surface area contributed by atoms with Gasteiger partial charge in [-0.05, 0) is 54.1 Å². The van der Waals surface area contributed by atoms with Crippen molar-refractivity contribution in [3.05, 3.63) is 108 Å². The van der Waals surface area contributed by atoms with E-state index < -0.39 is 21.7 Å². The van der Waals surface area contributed by atoms with Gasteiger partial charge in [0.2, 0.25) is 0 Å². The first kappa shape index (κ1) is 22.2. The Balaban J connectivity index is 1.42. The molecule has 0 saturated heterocycles. The second-order valence-corrected chi connectivity index (χ2v) is 9.24. The molecule has 3 aromatic carbocycles. The van der Waals surface area contributed by atoms with Crippen molar-refractivity contribution in [3.8, 4) is 5.69 Å². The highest BCUT2D eigenvalue weighted by atomic mass is 32.2. The molecule has 9 heteroatoms. The van der Waals surface area contributed by atoms with Crippen LogP contribution in [0.25, 0.3) is 5.69 Å². The van der Waals surface area contributed by atoms with Crippen LogP contribution in [-0.2, 0) is 16.6 Å². The summed E-state index contributed by atoms with van der Waals surface area (Å²) in [5.74, 6) is -0.827. The summed E-state index contributed by atoms with van der Waals surface area (Å²) in [6, 6.07) is 19.1. The monoisotopic (exact) mass is 464 g/mol. The zero-order valence-electron chi connectivity index (χ0n) is 17.7. The zero-order valence-corrected chi connectivity index (χ0v) is 18.5. The van der Waals surface area contributed by atoms with Gasteiger partial charge in [-0.1, -0.05) is 24.3 Å². The minimum Gasteiger partial charge on any atom is -0.348 e. The van der Waals surface area contributed by atoms with Crippen LogP contribution >= 0.6 is 0 Å². The number of imidazole rings is 1. The Morgan fingerprint density at radius 3 is 2.42 bits per heavy atom. The van der Waals surface area contributed by atoms with Crippen LogP contribution in [0.1, 0.15) is 15.9 Å². The van der Waals surface area contributed by atoms with Gasteiger partial charge >= 0.3 is 0 Å². The van der Waals surface area contributed by atoms with Gasteiger partial charge in [0.1, 0.15) is 5.82 Å². The van der Waals surface area contributed by atoms with Gasteiger partial charge in [-0.2, -0.15) is 0 Å². The first-order valence-corrected chi connectivity index (χ1v) is 11.5. The molecule has 168 valence electrons. The summed E-state index contributed by atoms with van der Waals surface area (Å²) in [4.78, 5) is 16.5. The average molecular weight is 465 g/mol. The molecule has 1 heterocycles. The summed E-state index contributed by atoms with van der Waals surface area (Å²) in [7, 11) is -2.29. The number of para-hydroxylation sites is 1. The summed E-state index contributed by atoms with van der Waals surface area (Å²) in [5, 5.41) is 2.72. The van der Waals surface area contributed by atoms with E-state index in [9.17, 15) is 17.6 Å². The molecule has 0 saturated carbocycles. The number of benzene rings is 3. The average Bonchev–Trinajstić information content (AvgIpc) is 3.37. The number of anilines is 1. The van der Waals surface area contributed by atoms with Crippen molar-refractivity contribution in [1.82, 2.24) is 14.9 Å². The van der Waals surface area contributed by atoms with E-state index in [-0.39, 0.29) is 11.4 Å². The zero-order chi connectivity index (χ0) is 23.4. The number of carbonyl (C=O) groups is 1. The van der Waals surface area contributed by atoms with Crippen LogP contribution in [0.2, 0.25) is 0 Å². The van der Waals surface area contributed by atoms with Crippen molar-refractivity contribution < 1.29 is 17.6 Å². The molecule has 0 atom stereocenters. The lowest BCUT2D eigenvalue weighted by atomic mass is 10.1. The van der Waals surface area contributed by atoms with E-state index in [0.29, 0.717) is 22.5 Å². The number of sulfonamides is 1. The predicted molar refractivity (Wildman–Crippen MR) is 123 cm³/mol. The van der Waals surface area contributed by atoms with E-state index >= 15 is 0 Å². The Morgan fingerprint density at radius 1 is 1.06 bits per heavy atom. The number of rotatable bonds is 7. The summed E-state index contributed by atoms with van der Waals surface area (Å²) >= 11 is 0. The van der Waals surface area contributed by atoms with Crippen molar-refractivity contribution in [2.45, 2.75) is 11.4 Å². The standard InChI is InChI=1S/C24H21FN4O3S/c1-28(20-5-3-2-4-6-20)33(31,32)21-10-8-19(9-11-21)24(30)27-16-18-7-12-23(22(25)15-18)29-14-13-26-17-29/h2-15,17H,16H2,1H3,(H,27,30). The molecule has 0 unspecified atom stereocenters. The summed E-state index contributed by atoms with van der Waals surface area (Å²) in [6.45, 7) is 0.122. The van der Waals surface area contributed by atoms with Crippen molar-refractivity contribution in [1.29, 1.82) is 0 Å². The summed E-state index contributed by atoms with van der Waals surface area (Å²) < 4.78 is 42.8. The number of hydrogen-bond acceptors (Lipinski definition) is 4. The Morgan fingerprint density at radius 2 is 1.79 bits per heavy atom. The third-order valence-corrected chi connectivity index (χ3v) is 6.94. The van der Waals surface area contributed by atoms with Gasteiger partial charge in [0.15, 0.2) is 0 Å². The number of halogens is 1. The number of hydrogen-bond donors (Lipinski definition) is 1. The molecule has 1 amide bonds. The second kappa shape index (κ2) is 9.25. The van der Waals surface area contributed by atoms with Crippen molar-refractivity contribution in [2.75, 3.05) is 11.4 Å². The molecular weight excluding hydrogens is 443 g/mol. The van der Waals surface area contributed by atoms with Crippen LogP contribution in [0, 0.1) is 5.82 Å². The van der Waals surface area contributed by atoms with Crippen LogP contribution in [0.4, 0.5) is 10.1 Å². The molecule has 7 nitrogen and oxygen atoms in total. The third kappa shape index (κ3) is 4.78. The number of amides is 1. The van der Waals surface area contributed by atoms with Crippen molar-refractivity contribution >= 4 is 21.6 Å². The molecule has 4 aromatic rings. The van der Waals surface area contributed by atoms with E-state index in [1.807, 2.05) is 0 Å². The van der Waals surface area contributed by atoms with Gasteiger partial charge in [0, 0.05) is 31.5 Å². The Kier molecular flexibility index (Phi) is 6.23. The van der Waals surface area contributed by atoms with Gasteiger partial charge in [-0.25, -0.2) is 17.8 Å². The molecule has 0 radical (unpaired) electrons. The molecule has 1 N–H and O–H groups in total. The highest BCUT2D eigenvalue weighted by Gasteiger charge is 2.21. The Bertz CT molecular complexity index is 1360. The van der Waals surface area contributed by atoms with Gasteiger partial charge in [0.05, 0.1) is 22.6 Å². The SMILES string of the molecule is CN(c1ccccc1)S(=O)(=O)c1ccc(C(=O)NCc2ccc(-n3ccnc3)c(F)c2)cc1. The fourth-order valence-corrected chi connectivity index (χ4v) is 4.46. The molecule has 0 aliphatic heterocycles. The first-order chi connectivity index (χ1) is 15.9. The van der Waals surface area contributed by atoms with Crippen molar-refractivity contribution in [3.63, 3.8) is 0 Å². The second-order valence-electron chi connectivity index (χ2n) is 7.27. The fraction of sp³-hybridized carbons (Fsp3) is 0.0833. The van der Waals surface area contributed by atoms with E-state index in [4.69, 9.17) is 0 Å². The first-order valence-electron chi connectivity index (χ1n) is 10.1. The normalized spacial score (nSPS) is 11.2. The largest absolute Gasteiger partial charge is 0.348 e. The van der Waals surface area contributed by atoms with Crippen LogP contribution < -0.4 is 9.62 Å². The molecular formula is C24H21FN4O3S. The van der Waals surface area contributed by atoms with E-state index in [2.05, 4.69) is 10.3 Å². The summed E-state index contributed by atoms with van der Waals surface area (Å²) in [6.07, 6.45) is 4.70. The molecule has 0 fully saturated rings. The maximum atomic E-state index is 14.4. The lowest BCUT2D eigenvalue weighted by Crippen LogP contribution is -2.27. The third-order valence-electron chi connectivity index (χ3n) is 5.14. The van der Waals surface area contributed by atoms with E-state index in [0.717, 1.165) is 0 Å². The number of nitrogens with one attached hydrogen (secondary N) is 1. The van der Waals surface area contributed by atoms with Gasteiger partial charge in [-0.15, -0.1) is 0 Å². The number of carbonyl (C=O) groups excluding carboxylic acids is 1. The predicted octanol–water partition coefficient (Wildman–Crippen LogP) is 3.77. The molecule has 0 bridgehead atoms. The summed E-state index contributed by atoms with van der Waals surface area (Å²) in [5.41, 5.74) is 1.78. The number of aromatic nitrogens is 2. The lowest BCUT2D eigenvalue weighted by molar-refractivity contribution is 0.0950.